The van der Waals surface area contributed by atoms with E-state index >= 15 is 0 Å². The van der Waals surface area contributed by atoms with Gasteiger partial charge in [0.15, 0.2) is 11.4 Å². The number of phenolic OH excluding ortho intramolecular Hbond substituents is 1. The number of hydrogen-bond donors (Lipinski definition) is 6. The van der Waals surface area contributed by atoms with Gasteiger partial charge >= 0.3 is 0 Å². The number of nitrogens with two attached hydrogens (primary N) is 1. The Hall–Kier alpha value is -4.68. The third kappa shape index (κ3) is 5.19. The summed E-state index contributed by atoms with van der Waals surface area (Å²) >= 11 is 0. The molecule has 0 saturated heterocycles. The maximum absolute atomic E-state index is 14.5. The van der Waals surface area contributed by atoms with Crippen LogP contribution in [0.1, 0.15) is 42.5 Å². The number of aliphatic hydroxyl groups excluding tert-OH is 2. The number of nitrogens with zero attached hydrogens (tertiary/aromatic N) is 2. The lowest BCUT2D eigenvalue weighted by atomic mass is 9.46. The van der Waals surface area contributed by atoms with Gasteiger partial charge in [-0.2, -0.15) is 4.72 Å². The molecule has 49 heavy (non-hydrogen) atoms. The Labute approximate surface area is 284 Å². The highest BCUT2D eigenvalue weighted by Gasteiger charge is 2.72. The fraction of sp³-hybridized carbons (Fsp3) is 0.400. The van der Waals surface area contributed by atoms with Crippen LogP contribution in [0, 0.1) is 29.6 Å². The number of aryl methyl sites for hydroxylation is 1. The van der Waals surface area contributed by atoms with Crippen LogP contribution in [0.5, 0.6) is 5.75 Å². The molecule has 14 heteroatoms. The van der Waals surface area contributed by atoms with Gasteiger partial charge in [-0.1, -0.05) is 43.4 Å². The van der Waals surface area contributed by atoms with Gasteiger partial charge in [-0.15, -0.1) is 0 Å². The predicted octanol–water partition coefficient (Wildman–Crippen LogP) is 1.45. The van der Waals surface area contributed by atoms with Crippen LogP contribution in [0.25, 0.3) is 5.76 Å². The molecule has 1 amide bonds. The second-order valence-corrected chi connectivity index (χ2v) is 15.7. The monoisotopic (exact) mass is 692 g/mol. The molecule has 0 unspecified atom stereocenters. The molecule has 260 valence electrons. The number of primary amides is 1. The molecule has 0 aliphatic heterocycles. The van der Waals surface area contributed by atoms with Crippen LogP contribution in [-0.4, -0.2) is 97.6 Å². The molecule has 3 aliphatic rings. The van der Waals surface area contributed by atoms with Crippen LogP contribution >= 0.6 is 0 Å². The Morgan fingerprint density at radius 2 is 1.69 bits per heavy atom. The zero-order valence-corrected chi connectivity index (χ0v) is 29.1. The number of benzene rings is 2. The minimum atomic E-state index is -3.87. The summed E-state index contributed by atoms with van der Waals surface area (Å²) in [6.45, 7) is 4.69. The fourth-order valence-electron chi connectivity index (χ4n) is 7.94. The predicted molar refractivity (Wildman–Crippen MR) is 181 cm³/mol. The lowest BCUT2D eigenvalue weighted by Gasteiger charge is -2.59. The van der Waals surface area contributed by atoms with Crippen molar-refractivity contribution in [1.29, 1.82) is 0 Å². The average molecular weight is 693 g/mol. The first-order chi connectivity index (χ1) is 22.6. The van der Waals surface area contributed by atoms with E-state index < -0.39 is 72.8 Å². The molecule has 0 bridgehead atoms. The Kier molecular flexibility index (Phi) is 8.53. The first-order valence-corrected chi connectivity index (χ1v) is 16.9. The number of anilines is 1. The fourth-order valence-corrected chi connectivity index (χ4v) is 8.86. The van der Waals surface area contributed by atoms with Crippen LogP contribution in [0.4, 0.5) is 5.69 Å². The molecule has 2 aromatic rings. The van der Waals surface area contributed by atoms with Crippen molar-refractivity contribution in [2.24, 2.45) is 16.6 Å². The molecular weight excluding hydrogens is 652 g/mol. The van der Waals surface area contributed by atoms with Crippen LogP contribution in [-0.2, 0) is 30.8 Å². The van der Waals surface area contributed by atoms with E-state index in [1.54, 1.807) is 58.2 Å². The summed E-state index contributed by atoms with van der Waals surface area (Å²) in [5.74, 6) is -0.217. The Balaban J connectivity index is 1.65. The van der Waals surface area contributed by atoms with E-state index in [9.17, 15) is 43.2 Å². The van der Waals surface area contributed by atoms with E-state index in [1.807, 2.05) is 6.92 Å². The third-order valence-corrected chi connectivity index (χ3v) is 11.4. The zero-order valence-electron chi connectivity index (χ0n) is 28.3. The first-order valence-electron chi connectivity index (χ1n) is 15.4. The molecule has 0 radical (unpaired) electrons. The number of aliphatic hydroxyl groups is 3. The number of amides is 1. The highest BCUT2D eigenvalue weighted by molar-refractivity contribution is 7.89. The Morgan fingerprint density at radius 3 is 2.24 bits per heavy atom. The number of phenols is 1. The van der Waals surface area contributed by atoms with Gasteiger partial charge in [0.1, 0.15) is 22.8 Å². The Morgan fingerprint density at radius 1 is 1.08 bits per heavy atom. The normalized spacial score (nSPS) is 26.5. The number of aromatic hydroxyl groups is 1. The average Bonchev–Trinajstić information content (AvgIpc) is 2.97. The molecule has 13 nitrogen and oxygen atoms in total. The molecule has 1 fully saturated rings. The zero-order chi connectivity index (χ0) is 36.6. The lowest BCUT2D eigenvalue weighted by Crippen LogP contribution is -2.72. The van der Waals surface area contributed by atoms with E-state index in [4.69, 9.17) is 5.73 Å². The molecule has 3 aliphatic carbocycles. The molecule has 7 N–H and O–H groups in total. The molecule has 0 spiro atoms. The first kappa shape index (κ1) is 35.6. The topological polar surface area (TPSA) is 211 Å². The summed E-state index contributed by atoms with van der Waals surface area (Å²) < 4.78 is 27.8. The summed E-state index contributed by atoms with van der Waals surface area (Å²) in [5.41, 5.74) is 0.257. The molecular formula is C35H40N4O9S. The van der Waals surface area contributed by atoms with Crippen molar-refractivity contribution in [3.63, 3.8) is 0 Å². The lowest BCUT2D eigenvalue weighted by molar-refractivity contribution is -0.175. The second kappa shape index (κ2) is 11.7. The van der Waals surface area contributed by atoms with Crippen molar-refractivity contribution in [1.82, 2.24) is 9.62 Å². The van der Waals surface area contributed by atoms with Crippen molar-refractivity contribution in [3.8, 4) is 17.6 Å². The number of fused-ring (bicyclic) bond motifs is 3. The number of carbonyl (C=O) groups excluding carboxylic acids is 3. The number of rotatable bonds is 6. The number of likely N-dealkylation sites (N-methyl/N-ethyl adjacent to an activating group) is 1. The number of Topliss-reactive ketones (excluding diaryl/α,β-unsaturated/α-hetero) is 2. The van der Waals surface area contributed by atoms with Gasteiger partial charge < -0.3 is 31.1 Å². The standard InChI is InChI=1S/C35H40N4O9S/c1-18-10-12-20(13-11-18)49(47,48)37-14-8-9-19-15-22(38(4)5)21-16-33(2)17-34(3)29(39(6)7)28(42)24(32(36)45)30(43)35(34,46)31(44)25(33)27(41)23(21)26(19)40/h10-13,15,29,37,40-41,43,46H,14,16-17H2,1-7H3,(H2,36,45)/t29-,33+,34+,35-/m1/s1. The van der Waals surface area contributed by atoms with E-state index in [-0.39, 0.29) is 41.0 Å². The van der Waals surface area contributed by atoms with Crippen LogP contribution < -0.4 is 15.4 Å². The highest BCUT2D eigenvalue weighted by atomic mass is 32.2. The van der Waals surface area contributed by atoms with Gasteiger partial charge in [0.25, 0.3) is 5.91 Å². The number of nitrogens with one attached hydrogen (secondary N) is 1. The molecule has 2 aromatic carbocycles. The van der Waals surface area contributed by atoms with E-state index in [0.29, 0.717) is 11.3 Å². The maximum Gasteiger partial charge on any atom is 0.255 e. The van der Waals surface area contributed by atoms with E-state index in [0.717, 1.165) is 5.56 Å². The van der Waals surface area contributed by atoms with Crippen LogP contribution in [0.15, 0.2) is 52.1 Å². The summed E-state index contributed by atoms with van der Waals surface area (Å²) in [6, 6.07) is 6.59. The van der Waals surface area contributed by atoms with Gasteiger partial charge in [0.2, 0.25) is 15.8 Å². The van der Waals surface area contributed by atoms with Crippen molar-refractivity contribution in [3.05, 3.63) is 69.5 Å². The number of ketones is 2. The summed E-state index contributed by atoms with van der Waals surface area (Å²) in [7, 11) is 2.69. The summed E-state index contributed by atoms with van der Waals surface area (Å²) in [5, 5.41) is 46.8. The molecule has 0 heterocycles. The van der Waals surface area contributed by atoms with Crippen LogP contribution in [0.3, 0.4) is 0 Å². The van der Waals surface area contributed by atoms with Gasteiger partial charge in [-0.05, 0) is 57.6 Å². The smallest absolute Gasteiger partial charge is 0.255 e. The molecule has 0 aromatic heterocycles. The summed E-state index contributed by atoms with van der Waals surface area (Å²) in [4.78, 5) is 43.7. The molecule has 1 saturated carbocycles. The van der Waals surface area contributed by atoms with Gasteiger partial charge in [0.05, 0.1) is 28.6 Å². The van der Waals surface area contributed by atoms with Gasteiger partial charge in [-0.3, -0.25) is 19.3 Å². The minimum Gasteiger partial charge on any atom is -0.508 e. The minimum absolute atomic E-state index is 0.0224. The quantitative estimate of drug-likeness (QED) is 0.188. The largest absolute Gasteiger partial charge is 0.508 e. The maximum atomic E-state index is 14.5. The van der Waals surface area contributed by atoms with Gasteiger partial charge in [-0.25, -0.2) is 8.42 Å². The number of carbonyl (C=O) groups is 3. The summed E-state index contributed by atoms with van der Waals surface area (Å²) in [6.07, 6.45) is -0.0478. The number of hydrogen-bond acceptors (Lipinski definition) is 11. The van der Waals surface area contributed by atoms with E-state index in [1.165, 1.54) is 24.0 Å². The van der Waals surface area contributed by atoms with Gasteiger partial charge in [0, 0.05) is 36.2 Å². The highest BCUT2D eigenvalue weighted by Crippen LogP contribution is 2.63. The van der Waals surface area contributed by atoms with Crippen molar-refractivity contribution in [2.45, 2.75) is 50.2 Å². The van der Waals surface area contributed by atoms with E-state index in [2.05, 4.69) is 16.6 Å². The van der Waals surface area contributed by atoms with Crippen molar-refractivity contribution < 1.29 is 43.2 Å². The van der Waals surface area contributed by atoms with Crippen LogP contribution in [0.2, 0.25) is 0 Å². The molecule has 5 rings (SSSR count). The Bertz CT molecular complexity index is 2060. The number of sulfonamides is 1. The van der Waals surface area contributed by atoms with Crippen molar-refractivity contribution in [2.75, 3.05) is 39.6 Å². The van der Waals surface area contributed by atoms with Crippen molar-refractivity contribution >= 4 is 38.9 Å². The third-order valence-electron chi connectivity index (χ3n) is 9.99. The SMILES string of the molecule is Cc1ccc(S(=O)(=O)NCC#Cc2cc(N(C)C)c3c(c2O)C(O)=C2C(=O)[C@]4(O)C(O)=C(C(N)=O)C(=O)[C@@H](N(C)C)[C@]4(C)C[C@]2(C)C3)cc1. The second-order valence-electron chi connectivity index (χ2n) is 13.9. The molecule has 4 atom stereocenters.